The number of hydrogen-bond donors (Lipinski definition) is 1. The van der Waals surface area contributed by atoms with Crippen molar-refractivity contribution < 1.29 is 4.79 Å². The quantitative estimate of drug-likeness (QED) is 0.771. The third-order valence-electron chi connectivity index (χ3n) is 2.84. The van der Waals surface area contributed by atoms with E-state index in [-0.39, 0.29) is 11.3 Å². The zero-order valence-corrected chi connectivity index (χ0v) is 10.5. The molecule has 1 unspecified atom stereocenters. The molecule has 1 amide bonds. The van der Waals surface area contributed by atoms with E-state index in [1.54, 1.807) is 0 Å². The normalized spacial score (nSPS) is 21.7. The molecule has 1 fully saturated rings. The molecular weight excluding hydrogens is 188 g/mol. The second-order valence-corrected chi connectivity index (χ2v) is 5.40. The average molecular weight is 212 g/mol. The van der Waals surface area contributed by atoms with Crippen LogP contribution in [-0.2, 0) is 4.79 Å². The Hall–Kier alpha value is -0.570. The van der Waals surface area contributed by atoms with Crippen LogP contribution in [0.15, 0.2) is 0 Å². The zero-order chi connectivity index (χ0) is 11.5. The van der Waals surface area contributed by atoms with Gasteiger partial charge in [-0.05, 0) is 19.4 Å². The molecule has 0 saturated carbocycles. The van der Waals surface area contributed by atoms with Crippen LogP contribution in [0.4, 0.5) is 0 Å². The van der Waals surface area contributed by atoms with E-state index in [4.69, 9.17) is 0 Å². The van der Waals surface area contributed by atoms with Crippen molar-refractivity contribution in [3.63, 3.8) is 0 Å². The van der Waals surface area contributed by atoms with Crippen molar-refractivity contribution in [3.8, 4) is 0 Å². The number of hydrogen-bond acceptors (Lipinski definition) is 2. The molecule has 1 rings (SSSR count). The van der Waals surface area contributed by atoms with Gasteiger partial charge in [0.1, 0.15) is 0 Å². The van der Waals surface area contributed by atoms with E-state index in [1.807, 2.05) is 20.8 Å². The fourth-order valence-corrected chi connectivity index (χ4v) is 2.03. The topological polar surface area (TPSA) is 32.3 Å². The molecule has 0 aliphatic carbocycles. The molecule has 3 nitrogen and oxygen atoms in total. The van der Waals surface area contributed by atoms with Gasteiger partial charge < -0.3 is 10.2 Å². The molecule has 1 N–H and O–H groups in total. The summed E-state index contributed by atoms with van der Waals surface area (Å²) in [6.45, 7) is 11.0. The molecule has 0 aromatic carbocycles. The molecule has 0 radical (unpaired) electrons. The van der Waals surface area contributed by atoms with E-state index in [9.17, 15) is 4.79 Å². The predicted octanol–water partition coefficient (Wildman–Crippen LogP) is 1.63. The summed E-state index contributed by atoms with van der Waals surface area (Å²) in [5.74, 6) is 0.290. The molecule has 1 aliphatic heterocycles. The molecule has 15 heavy (non-hydrogen) atoms. The van der Waals surface area contributed by atoms with Crippen LogP contribution in [0, 0.1) is 5.41 Å². The van der Waals surface area contributed by atoms with E-state index < -0.39 is 0 Å². The van der Waals surface area contributed by atoms with Gasteiger partial charge in [-0.15, -0.1) is 0 Å². The van der Waals surface area contributed by atoms with Crippen molar-refractivity contribution >= 4 is 5.91 Å². The van der Waals surface area contributed by atoms with Gasteiger partial charge in [0.15, 0.2) is 0 Å². The molecule has 0 aromatic heterocycles. The predicted molar refractivity (Wildman–Crippen MR) is 62.7 cm³/mol. The highest BCUT2D eigenvalue weighted by Crippen LogP contribution is 2.21. The lowest BCUT2D eigenvalue weighted by molar-refractivity contribution is -0.141. The summed E-state index contributed by atoms with van der Waals surface area (Å²) >= 11 is 0. The van der Waals surface area contributed by atoms with Crippen LogP contribution in [-0.4, -0.2) is 36.5 Å². The summed E-state index contributed by atoms with van der Waals surface area (Å²) in [4.78, 5) is 14.3. The van der Waals surface area contributed by atoms with Crippen molar-refractivity contribution in [2.75, 3.05) is 19.6 Å². The SMILES string of the molecule is CCCN(C(=O)C(C)(C)C)C1CCNC1. The van der Waals surface area contributed by atoms with E-state index in [0.29, 0.717) is 6.04 Å². The zero-order valence-electron chi connectivity index (χ0n) is 10.5. The standard InChI is InChI=1S/C12H24N2O/c1-5-8-14(10-6-7-13-9-10)11(15)12(2,3)4/h10,13H,5-9H2,1-4H3. The molecule has 3 heteroatoms. The van der Waals surface area contributed by atoms with Crippen LogP contribution >= 0.6 is 0 Å². The first-order valence-corrected chi connectivity index (χ1v) is 5.98. The minimum absolute atomic E-state index is 0.252. The second kappa shape index (κ2) is 4.97. The van der Waals surface area contributed by atoms with Crippen molar-refractivity contribution in [2.45, 2.75) is 46.6 Å². The van der Waals surface area contributed by atoms with Gasteiger partial charge in [-0.25, -0.2) is 0 Å². The van der Waals surface area contributed by atoms with Crippen LogP contribution < -0.4 is 5.32 Å². The Morgan fingerprint density at radius 1 is 1.47 bits per heavy atom. The van der Waals surface area contributed by atoms with Crippen molar-refractivity contribution in [2.24, 2.45) is 5.41 Å². The van der Waals surface area contributed by atoms with Gasteiger partial charge in [0.2, 0.25) is 5.91 Å². The van der Waals surface area contributed by atoms with Crippen LogP contribution in [0.25, 0.3) is 0 Å². The van der Waals surface area contributed by atoms with Gasteiger partial charge in [-0.2, -0.15) is 0 Å². The Labute approximate surface area is 93.2 Å². The van der Waals surface area contributed by atoms with Crippen LogP contribution in [0.3, 0.4) is 0 Å². The lowest BCUT2D eigenvalue weighted by Gasteiger charge is -2.33. The van der Waals surface area contributed by atoms with Crippen molar-refractivity contribution in [3.05, 3.63) is 0 Å². The van der Waals surface area contributed by atoms with Gasteiger partial charge in [-0.1, -0.05) is 27.7 Å². The van der Waals surface area contributed by atoms with E-state index in [2.05, 4.69) is 17.1 Å². The highest BCUT2D eigenvalue weighted by Gasteiger charge is 2.32. The van der Waals surface area contributed by atoms with Gasteiger partial charge >= 0.3 is 0 Å². The first-order chi connectivity index (χ1) is 6.96. The molecule has 1 atom stereocenters. The van der Waals surface area contributed by atoms with Gasteiger partial charge in [0.05, 0.1) is 0 Å². The highest BCUT2D eigenvalue weighted by molar-refractivity contribution is 5.81. The van der Waals surface area contributed by atoms with E-state index in [0.717, 1.165) is 32.5 Å². The maximum absolute atomic E-state index is 12.2. The monoisotopic (exact) mass is 212 g/mol. The summed E-state index contributed by atoms with van der Waals surface area (Å²) in [6, 6.07) is 0.414. The molecule has 88 valence electrons. The summed E-state index contributed by atoms with van der Waals surface area (Å²) in [7, 11) is 0. The Kier molecular flexibility index (Phi) is 4.14. The van der Waals surface area contributed by atoms with Crippen molar-refractivity contribution in [1.29, 1.82) is 0 Å². The Morgan fingerprint density at radius 2 is 2.13 bits per heavy atom. The number of nitrogens with zero attached hydrogens (tertiary/aromatic N) is 1. The van der Waals surface area contributed by atoms with Gasteiger partial charge in [0, 0.05) is 24.5 Å². The summed E-state index contributed by atoms with van der Waals surface area (Å²) in [5, 5.41) is 3.32. The first-order valence-electron chi connectivity index (χ1n) is 5.98. The number of amides is 1. The van der Waals surface area contributed by atoms with Crippen molar-refractivity contribution in [1.82, 2.24) is 10.2 Å². The van der Waals surface area contributed by atoms with Crippen LogP contribution in [0.1, 0.15) is 40.5 Å². The first kappa shape index (κ1) is 12.5. The lowest BCUT2D eigenvalue weighted by Crippen LogP contribution is -2.47. The maximum atomic E-state index is 12.2. The van der Waals surface area contributed by atoms with Gasteiger partial charge in [-0.3, -0.25) is 4.79 Å². The molecule has 1 aliphatic rings. The Balaban J connectivity index is 2.68. The maximum Gasteiger partial charge on any atom is 0.228 e. The number of nitrogens with one attached hydrogen (secondary N) is 1. The third-order valence-corrected chi connectivity index (χ3v) is 2.84. The molecule has 0 bridgehead atoms. The minimum atomic E-state index is -0.252. The number of carbonyl (C=O) groups excluding carboxylic acids is 1. The minimum Gasteiger partial charge on any atom is -0.338 e. The fourth-order valence-electron chi connectivity index (χ4n) is 2.03. The summed E-state index contributed by atoms with van der Waals surface area (Å²) in [5.41, 5.74) is -0.252. The lowest BCUT2D eigenvalue weighted by atomic mass is 9.93. The fraction of sp³-hybridized carbons (Fsp3) is 0.917. The molecular formula is C12H24N2O. The third kappa shape index (κ3) is 3.20. The van der Waals surface area contributed by atoms with E-state index >= 15 is 0 Å². The average Bonchev–Trinajstić information content (AvgIpc) is 2.64. The Morgan fingerprint density at radius 3 is 2.53 bits per heavy atom. The second-order valence-electron chi connectivity index (χ2n) is 5.40. The molecule has 1 heterocycles. The van der Waals surface area contributed by atoms with Crippen LogP contribution in [0.2, 0.25) is 0 Å². The van der Waals surface area contributed by atoms with E-state index in [1.165, 1.54) is 0 Å². The molecule has 1 saturated heterocycles. The Bertz CT molecular complexity index is 214. The summed E-state index contributed by atoms with van der Waals surface area (Å²) < 4.78 is 0. The number of rotatable bonds is 3. The largest absolute Gasteiger partial charge is 0.338 e. The molecule has 0 aromatic rings. The smallest absolute Gasteiger partial charge is 0.228 e. The van der Waals surface area contributed by atoms with Crippen LogP contribution in [0.5, 0.6) is 0 Å². The van der Waals surface area contributed by atoms with Gasteiger partial charge in [0.25, 0.3) is 0 Å². The number of carbonyl (C=O) groups is 1. The molecule has 0 spiro atoms. The highest BCUT2D eigenvalue weighted by atomic mass is 16.2. The summed E-state index contributed by atoms with van der Waals surface area (Å²) in [6.07, 6.45) is 2.14.